The summed E-state index contributed by atoms with van der Waals surface area (Å²) in [6, 6.07) is 0.870. The monoisotopic (exact) mass is 210 g/mol. The molecule has 2 heterocycles. The predicted molar refractivity (Wildman–Crippen MR) is 65.2 cm³/mol. The Morgan fingerprint density at radius 2 is 1.73 bits per heavy atom. The van der Waals surface area contributed by atoms with Gasteiger partial charge < -0.3 is 10.2 Å². The summed E-state index contributed by atoms with van der Waals surface area (Å²) in [5, 5.41) is 3.48. The molecule has 2 aliphatic heterocycles. The Hall–Kier alpha value is -0.0800. The van der Waals surface area contributed by atoms with E-state index in [-0.39, 0.29) is 0 Å². The van der Waals surface area contributed by atoms with Crippen LogP contribution in [0.25, 0.3) is 0 Å². The Morgan fingerprint density at radius 1 is 1.00 bits per heavy atom. The van der Waals surface area contributed by atoms with E-state index in [9.17, 15) is 0 Å². The van der Waals surface area contributed by atoms with E-state index in [0.717, 1.165) is 6.04 Å². The molecule has 1 atom stereocenters. The van der Waals surface area contributed by atoms with Gasteiger partial charge in [-0.2, -0.15) is 0 Å². The molecule has 0 saturated carbocycles. The second-order valence-electron chi connectivity index (χ2n) is 5.19. The second-order valence-corrected chi connectivity index (χ2v) is 5.19. The molecular formula is C13H26N2. The molecule has 0 spiro atoms. The van der Waals surface area contributed by atoms with Crippen LogP contribution in [0.15, 0.2) is 0 Å². The number of nitrogens with zero attached hydrogens (tertiary/aromatic N) is 1. The molecule has 0 aromatic carbocycles. The van der Waals surface area contributed by atoms with Crippen molar-refractivity contribution in [1.82, 2.24) is 10.2 Å². The summed E-state index contributed by atoms with van der Waals surface area (Å²) in [5.41, 5.74) is 0. The minimum atomic E-state index is 0.870. The Kier molecular flexibility index (Phi) is 4.94. The van der Waals surface area contributed by atoms with E-state index in [1.165, 1.54) is 77.5 Å². The van der Waals surface area contributed by atoms with Gasteiger partial charge in [-0.15, -0.1) is 0 Å². The van der Waals surface area contributed by atoms with Gasteiger partial charge >= 0.3 is 0 Å². The third kappa shape index (κ3) is 4.12. The Bertz CT molecular complexity index is 158. The molecule has 2 rings (SSSR count). The molecule has 0 aromatic rings. The largest absolute Gasteiger partial charge is 0.314 e. The highest BCUT2D eigenvalue weighted by molar-refractivity contribution is 4.77. The van der Waals surface area contributed by atoms with Crippen molar-refractivity contribution < 1.29 is 0 Å². The fourth-order valence-electron chi connectivity index (χ4n) is 2.68. The quantitative estimate of drug-likeness (QED) is 0.701. The van der Waals surface area contributed by atoms with Gasteiger partial charge in [-0.25, -0.2) is 0 Å². The lowest BCUT2D eigenvalue weighted by atomic mass is 10.0. The third-order valence-electron chi connectivity index (χ3n) is 3.90. The first-order valence-corrected chi connectivity index (χ1v) is 6.91. The van der Waals surface area contributed by atoms with Gasteiger partial charge in [-0.05, 0) is 58.3 Å². The van der Waals surface area contributed by atoms with Crippen LogP contribution < -0.4 is 5.32 Å². The molecule has 2 saturated heterocycles. The van der Waals surface area contributed by atoms with Crippen LogP contribution in [0.2, 0.25) is 0 Å². The fourth-order valence-corrected chi connectivity index (χ4v) is 2.68. The van der Waals surface area contributed by atoms with Crippen LogP contribution in [0.5, 0.6) is 0 Å². The molecule has 1 unspecified atom stereocenters. The van der Waals surface area contributed by atoms with Gasteiger partial charge in [0, 0.05) is 6.04 Å². The number of unbranched alkanes of at least 4 members (excludes halogenated alkanes) is 1. The summed E-state index contributed by atoms with van der Waals surface area (Å²) >= 11 is 0. The topological polar surface area (TPSA) is 15.3 Å². The van der Waals surface area contributed by atoms with Crippen molar-refractivity contribution in [1.29, 1.82) is 0 Å². The van der Waals surface area contributed by atoms with Crippen molar-refractivity contribution in [2.24, 2.45) is 0 Å². The maximum Gasteiger partial charge on any atom is 0.00791 e. The SMILES string of the molecule is C1CCCN(CCCCC2CCN2)CC1. The van der Waals surface area contributed by atoms with Gasteiger partial charge in [0.2, 0.25) is 0 Å². The predicted octanol–water partition coefficient (Wildman–Crippen LogP) is 2.39. The zero-order valence-electron chi connectivity index (χ0n) is 10.0. The molecule has 0 radical (unpaired) electrons. The van der Waals surface area contributed by atoms with Crippen molar-refractivity contribution >= 4 is 0 Å². The van der Waals surface area contributed by atoms with Crippen molar-refractivity contribution in [2.75, 3.05) is 26.2 Å². The highest BCUT2D eigenvalue weighted by Gasteiger charge is 2.15. The second kappa shape index (κ2) is 6.49. The summed E-state index contributed by atoms with van der Waals surface area (Å²) in [6.45, 7) is 5.34. The molecule has 0 aliphatic carbocycles. The van der Waals surface area contributed by atoms with Crippen LogP contribution in [-0.4, -0.2) is 37.1 Å². The number of hydrogen-bond acceptors (Lipinski definition) is 2. The van der Waals surface area contributed by atoms with E-state index in [4.69, 9.17) is 0 Å². The van der Waals surface area contributed by atoms with Crippen LogP contribution in [0.1, 0.15) is 51.4 Å². The zero-order valence-corrected chi connectivity index (χ0v) is 10.0. The van der Waals surface area contributed by atoms with Crippen molar-refractivity contribution in [2.45, 2.75) is 57.4 Å². The minimum absolute atomic E-state index is 0.870. The summed E-state index contributed by atoms with van der Waals surface area (Å²) in [4.78, 5) is 2.68. The molecule has 2 nitrogen and oxygen atoms in total. The summed E-state index contributed by atoms with van der Waals surface area (Å²) < 4.78 is 0. The van der Waals surface area contributed by atoms with Crippen LogP contribution in [-0.2, 0) is 0 Å². The Balaban J connectivity index is 1.48. The standard InChI is InChI=1S/C13H26N2/c1-2-5-11-15(10-4-1)12-6-3-7-13-8-9-14-13/h13-14H,1-12H2. The lowest BCUT2D eigenvalue weighted by molar-refractivity contribution is 0.269. The number of hydrogen-bond donors (Lipinski definition) is 1. The summed E-state index contributed by atoms with van der Waals surface area (Å²) in [7, 11) is 0. The van der Waals surface area contributed by atoms with Gasteiger partial charge in [0.25, 0.3) is 0 Å². The molecule has 2 fully saturated rings. The number of rotatable bonds is 5. The molecule has 0 bridgehead atoms. The molecule has 88 valence electrons. The van der Waals surface area contributed by atoms with Crippen LogP contribution >= 0.6 is 0 Å². The van der Waals surface area contributed by atoms with Crippen molar-refractivity contribution in [3.05, 3.63) is 0 Å². The maximum absolute atomic E-state index is 3.48. The van der Waals surface area contributed by atoms with E-state index in [1.54, 1.807) is 0 Å². The van der Waals surface area contributed by atoms with E-state index in [2.05, 4.69) is 10.2 Å². The molecule has 2 heteroatoms. The van der Waals surface area contributed by atoms with Gasteiger partial charge in [0.1, 0.15) is 0 Å². The first-order valence-electron chi connectivity index (χ1n) is 6.91. The Morgan fingerprint density at radius 3 is 2.33 bits per heavy atom. The lowest BCUT2D eigenvalue weighted by Crippen LogP contribution is -2.42. The van der Waals surface area contributed by atoms with Gasteiger partial charge in [0.05, 0.1) is 0 Å². The van der Waals surface area contributed by atoms with E-state index >= 15 is 0 Å². The first-order chi connectivity index (χ1) is 7.45. The first kappa shape index (κ1) is 11.4. The van der Waals surface area contributed by atoms with Crippen molar-refractivity contribution in [3.63, 3.8) is 0 Å². The number of nitrogens with one attached hydrogen (secondary N) is 1. The number of likely N-dealkylation sites (tertiary alicyclic amines) is 1. The summed E-state index contributed by atoms with van der Waals surface area (Å²) in [6.07, 6.45) is 11.5. The molecule has 0 aromatic heterocycles. The highest BCUT2D eigenvalue weighted by atomic mass is 15.1. The molecular weight excluding hydrogens is 184 g/mol. The molecule has 15 heavy (non-hydrogen) atoms. The zero-order chi connectivity index (χ0) is 10.3. The van der Waals surface area contributed by atoms with Gasteiger partial charge in [0.15, 0.2) is 0 Å². The van der Waals surface area contributed by atoms with E-state index in [0.29, 0.717) is 0 Å². The average molecular weight is 210 g/mol. The average Bonchev–Trinajstić information content (AvgIpc) is 2.43. The molecule has 1 N–H and O–H groups in total. The van der Waals surface area contributed by atoms with Crippen LogP contribution in [0.3, 0.4) is 0 Å². The van der Waals surface area contributed by atoms with Gasteiger partial charge in [-0.3, -0.25) is 0 Å². The molecule has 2 aliphatic rings. The van der Waals surface area contributed by atoms with Crippen LogP contribution in [0.4, 0.5) is 0 Å². The van der Waals surface area contributed by atoms with Crippen LogP contribution in [0, 0.1) is 0 Å². The van der Waals surface area contributed by atoms with E-state index in [1.807, 2.05) is 0 Å². The van der Waals surface area contributed by atoms with Gasteiger partial charge in [-0.1, -0.05) is 19.3 Å². The summed E-state index contributed by atoms with van der Waals surface area (Å²) in [5.74, 6) is 0. The normalized spacial score (nSPS) is 28.4. The highest BCUT2D eigenvalue weighted by Crippen LogP contribution is 2.13. The Labute approximate surface area is 94.4 Å². The third-order valence-corrected chi connectivity index (χ3v) is 3.90. The minimum Gasteiger partial charge on any atom is -0.314 e. The fraction of sp³-hybridized carbons (Fsp3) is 1.00. The maximum atomic E-state index is 3.48. The van der Waals surface area contributed by atoms with Crippen molar-refractivity contribution in [3.8, 4) is 0 Å². The van der Waals surface area contributed by atoms with E-state index < -0.39 is 0 Å². The lowest BCUT2D eigenvalue weighted by Gasteiger charge is -2.28. The smallest absolute Gasteiger partial charge is 0.00791 e. The molecule has 0 amide bonds.